The summed E-state index contributed by atoms with van der Waals surface area (Å²) in [5, 5.41) is 30.3. The van der Waals surface area contributed by atoms with Gasteiger partial charge in [-0.2, -0.15) is 13.5 Å². The largest absolute Gasteiger partial charge is 1.00 e. The maximum Gasteiger partial charge on any atom is 1.00 e. The Morgan fingerprint density at radius 3 is 2.09 bits per heavy atom. The molecule has 0 bridgehead atoms. The summed E-state index contributed by atoms with van der Waals surface area (Å²) in [5.41, 5.74) is -1.66. The molecule has 0 saturated heterocycles. The van der Waals surface area contributed by atoms with Crippen LogP contribution in [-0.4, -0.2) is 31.9 Å². The smallest absolute Gasteiger partial charge is 0.871 e. The number of aromatic carboxylic acids is 1. The van der Waals surface area contributed by atoms with Crippen molar-refractivity contribution in [3.8, 4) is 5.75 Å². The normalized spacial score (nSPS) is 11.4. The van der Waals surface area contributed by atoms with E-state index in [-0.39, 0.29) is 105 Å². The van der Waals surface area contributed by atoms with Gasteiger partial charge in [0.05, 0.1) is 21.6 Å². The number of nitrogens with zero attached hydrogens (tertiary/aromatic N) is 2. The summed E-state index contributed by atoms with van der Waals surface area (Å²) in [6.45, 7) is 0. The zero-order valence-corrected chi connectivity index (χ0v) is 26.2. The number of halogens is 1. The van der Waals surface area contributed by atoms with Gasteiger partial charge >= 0.3 is 88.7 Å². The molecule has 0 amide bonds. The van der Waals surface area contributed by atoms with E-state index in [4.69, 9.17) is 11.6 Å². The second kappa shape index (κ2) is 12.9. The Morgan fingerprint density at radius 2 is 1.56 bits per heavy atom. The molecule has 0 aromatic heterocycles. The van der Waals surface area contributed by atoms with Crippen LogP contribution in [0.1, 0.15) is 10.4 Å². The molecule has 34 heavy (non-hydrogen) atoms. The Labute approximate surface area is 265 Å². The molecular formula is C17H8ClN2Na3O9S2. The van der Waals surface area contributed by atoms with Gasteiger partial charge in [0.1, 0.15) is 20.7 Å². The summed E-state index contributed by atoms with van der Waals surface area (Å²) in [6, 6.07) is 6.65. The van der Waals surface area contributed by atoms with Gasteiger partial charge in [-0.05, 0) is 29.7 Å². The number of azo groups is 1. The summed E-state index contributed by atoms with van der Waals surface area (Å²) in [5.74, 6) is -2.46. The van der Waals surface area contributed by atoms with Crippen LogP contribution in [0.4, 0.5) is 11.4 Å². The minimum Gasteiger partial charge on any atom is -0.871 e. The van der Waals surface area contributed by atoms with E-state index in [1.807, 2.05) is 0 Å². The number of hydrogen-bond acceptors (Lipinski definition) is 10. The average Bonchev–Trinajstić information content (AvgIpc) is 2.65. The number of benzene rings is 3. The summed E-state index contributed by atoms with van der Waals surface area (Å²) in [6.07, 6.45) is 0. The Bertz CT molecular complexity index is 1500. The first-order valence-corrected chi connectivity index (χ1v) is 11.2. The minimum absolute atomic E-state index is 0. The molecule has 0 fully saturated rings. The molecule has 11 nitrogen and oxygen atoms in total. The SMILES string of the molecule is O=C([O-])c1cc(N=Nc2c([O-])ccc3cc(S(=O)(=O)[O-])ccc23)c(S(=O)(=O)O)cc1Cl.[Na+].[Na+].[Na+]. The van der Waals surface area contributed by atoms with E-state index >= 15 is 0 Å². The van der Waals surface area contributed by atoms with Crippen LogP contribution in [0.5, 0.6) is 5.75 Å². The van der Waals surface area contributed by atoms with Crippen molar-refractivity contribution in [3.05, 3.63) is 53.1 Å². The van der Waals surface area contributed by atoms with Crippen LogP contribution >= 0.6 is 11.6 Å². The molecular weight excluding hydrogens is 545 g/mol. The molecule has 162 valence electrons. The first-order valence-electron chi connectivity index (χ1n) is 7.93. The summed E-state index contributed by atoms with van der Waals surface area (Å²) >= 11 is 5.68. The van der Waals surface area contributed by atoms with Crippen molar-refractivity contribution in [1.82, 2.24) is 0 Å². The maximum absolute atomic E-state index is 12.2. The molecule has 1 N–H and O–H groups in total. The quantitative estimate of drug-likeness (QED) is 0.181. The second-order valence-corrected chi connectivity index (χ2v) is 9.19. The van der Waals surface area contributed by atoms with E-state index in [9.17, 15) is 40.9 Å². The molecule has 17 heteroatoms. The molecule has 0 aliphatic rings. The predicted molar refractivity (Wildman–Crippen MR) is 101 cm³/mol. The number of fused-ring (bicyclic) bond motifs is 1. The van der Waals surface area contributed by atoms with Crippen LogP contribution in [0.25, 0.3) is 10.8 Å². The van der Waals surface area contributed by atoms with E-state index in [1.54, 1.807) is 0 Å². The molecule has 3 aromatic carbocycles. The van der Waals surface area contributed by atoms with Crippen molar-refractivity contribution in [2.75, 3.05) is 0 Å². The number of carbonyl (C=O) groups is 1. The van der Waals surface area contributed by atoms with Gasteiger partial charge in [-0.15, -0.1) is 5.11 Å². The molecule has 0 aliphatic heterocycles. The molecule has 0 spiro atoms. The van der Waals surface area contributed by atoms with Gasteiger partial charge in [0.25, 0.3) is 10.1 Å². The van der Waals surface area contributed by atoms with E-state index in [0.29, 0.717) is 12.1 Å². The Hall–Kier alpha value is -0.1000. The number of carboxylic acids is 1. The van der Waals surface area contributed by atoms with Crippen LogP contribution in [0.2, 0.25) is 5.02 Å². The Kier molecular flexibility index (Phi) is 12.9. The fourth-order valence-electron chi connectivity index (χ4n) is 2.62. The van der Waals surface area contributed by atoms with Crippen LogP contribution in [0.15, 0.2) is 62.5 Å². The fraction of sp³-hybridized carbons (Fsp3) is 0. The van der Waals surface area contributed by atoms with Gasteiger partial charge in [-0.25, -0.2) is 8.42 Å². The molecule has 3 rings (SSSR count). The van der Waals surface area contributed by atoms with Crippen molar-refractivity contribution >= 4 is 60.0 Å². The third-order valence-electron chi connectivity index (χ3n) is 4.02. The summed E-state index contributed by atoms with van der Waals surface area (Å²) < 4.78 is 66.1. The fourth-order valence-corrected chi connectivity index (χ4v) is 4.06. The average molecular weight is 553 g/mol. The third kappa shape index (κ3) is 7.70. The van der Waals surface area contributed by atoms with Crippen LogP contribution in [0.3, 0.4) is 0 Å². The molecule has 0 unspecified atom stereocenters. The van der Waals surface area contributed by atoms with Crippen molar-refractivity contribution < 1.29 is 130 Å². The van der Waals surface area contributed by atoms with Crippen LogP contribution < -0.4 is 98.9 Å². The van der Waals surface area contributed by atoms with E-state index in [2.05, 4.69) is 10.2 Å². The van der Waals surface area contributed by atoms with Gasteiger partial charge in [0.2, 0.25) is 0 Å². The van der Waals surface area contributed by atoms with E-state index < -0.39 is 58.0 Å². The standard InChI is InChI=1S/C17H11ClN2O9S2.3Na/c18-12-7-15(31(27,28)29)13(6-11(12)17(22)23)19-20-16-10-3-2-9(30(24,25)26)5-8(10)1-4-14(16)21;;;/h1-7,21H,(H,22,23)(H,24,25,26)(H,27,28,29);;;/q;3*+1/p-3. The van der Waals surface area contributed by atoms with Crippen molar-refractivity contribution in [2.24, 2.45) is 10.2 Å². The first kappa shape index (κ1) is 33.9. The van der Waals surface area contributed by atoms with Crippen molar-refractivity contribution in [1.29, 1.82) is 0 Å². The minimum atomic E-state index is -4.91. The van der Waals surface area contributed by atoms with Gasteiger partial charge in [-0.1, -0.05) is 35.5 Å². The van der Waals surface area contributed by atoms with Gasteiger partial charge < -0.3 is 19.6 Å². The topological polar surface area (TPSA) is 199 Å². The van der Waals surface area contributed by atoms with Crippen molar-refractivity contribution in [2.45, 2.75) is 9.79 Å². The predicted octanol–water partition coefficient (Wildman–Crippen LogP) is -7.49. The van der Waals surface area contributed by atoms with Crippen LogP contribution in [0, 0.1) is 0 Å². The molecule has 0 heterocycles. The zero-order chi connectivity index (χ0) is 23.1. The number of carboxylic acid groups (broad SMARTS) is 1. The van der Waals surface area contributed by atoms with Gasteiger partial charge in [0, 0.05) is 10.9 Å². The van der Waals surface area contributed by atoms with E-state index in [1.165, 1.54) is 6.07 Å². The third-order valence-corrected chi connectivity index (χ3v) is 6.05. The summed E-state index contributed by atoms with van der Waals surface area (Å²) in [4.78, 5) is 9.72. The molecule has 0 aliphatic carbocycles. The van der Waals surface area contributed by atoms with E-state index in [0.717, 1.165) is 24.3 Å². The molecule has 3 aromatic rings. The number of rotatable bonds is 5. The maximum atomic E-state index is 12.2. The summed E-state index contributed by atoms with van der Waals surface area (Å²) in [7, 11) is -9.67. The van der Waals surface area contributed by atoms with Gasteiger partial charge in [0.15, 0.2) is 0 Å². The zero-order valence-electron chi connectivity index (χ0n) is 17.8. The number of carbonyl (C=O) groups excluding carboxylic acids is 1. The molecule has 0 radical (unpaired) electrons. The second-order valence-electron chi connectivity index (χ2n) is 6.01. The monoisotopic (exact) mass is 552 g/mol. The van der Waals surface area contributed by atoms with Gasteiger partial charge in [-0.3, -0.25) is 4.55 Å². The number of hydrogen-bond donors (Lipinski definition) is 1. The molecule has 0 saturated carbocycles. The Morgan fingerprint density at radius 1 is 0.941 bits per heavy atom. The van der Waals surface area contributed by atoms with Crippen molar-refractivity contribution in [3.63, 3.8) is 0 Å². The Balaban J connectivity index is 0.00000363. The van der Waals surface area contributed by atoms with Crippen LogP contribution in [-0.2, 0) is 20.2 Å². The first-order chi connectivity index (χ1) is 14.3. The molecule has 0 atom stereocenters.